The van der Waals surface area contributed by atoms with E-state index in [1.165, 1.54) is 51.4 Å². The molecular weight excluding hydrogens is 210 g/mol. The molecule has 1 saturated heterocycles. The van der Waals surface area contributed by atoms with E-state index in [4.69, 9.17) is 4.74 Å². The highest BCUT2D eigenvalue weighted by Gasteiger charge is 2.37. The molecule has 17 heavy (non-hydrogen) atoms. The zero-order valence-electron chi connectivity index (χ0n) is 11.6. The summed E-state index contributed by atoms with van der Waals surface area (Å²) >= 11 is 0. The van der Waals surface area contributed by atoms with Crippen molar-refractivity contribution in [3.63, 3.8) is 0 Å². The second-order valence-corrected chi connectivity index (χ2v) is 6.11. The molecule has 0 aromatic heterocycles. The van der Waals surface area contributed by atoms with Crippen molar-refractivity contribution in [2.24, 2.45) is 5.92 Å². The van der Waals surface area contributed by atoms with Gasteiger partial charge in [0.2, 0.25) is 0 Å². The molecule has 2 aliphatic rings. The van der Waals surface area contributed by atoms with Crippen LogP contribution in [0.1, 0.15) is 65.2 Å². The molecule has 0 radical (unpaired) electrons. The van der Waals surface area contributed by atoms with E-state index in [-0.39, 0.29) is 5.60 Å². The van der Waals surface area contributed by atoms with Crippen LogP contribution in [0.3, 0.4) is 0 Å². The van der Waals surface area contributed by atoms with Crippen LogP contribution in [0, 0.1) is 5.92 Å². The Morgan fingerprint density at radius 3 is 2.59 bits per heavy atom. The Labute approximate surface area is 107 Å². The maximum absolute atomic E-state index is 6.13. The fourth-order valence-electron chi connectivity index (χ4n) is 3.60. The average molecular weight is 239 g/mol. The minimum Gasteiger partial charge on any atom is -0.374 e. The second-order valence-electron chi connectivity index (χ2n) is 6.11. The van der Waals surface area contributed by atoms with E-state index in [0.717, 1.165) is 19.1 Å². The van der Waals surface area contributed by atoms with E-state index in [0.29, 0.717) is 6.04 Å². The van der Waals surface area contributed by atoms with Gasteiger partial charge < -0.3 is 10.1 Å². The largest absolute Gasteiger partial charge is 0.374 e. The van der Waals surface area contributed by atoms with Gasteiger partial charge >= 0.3 is 0 Å². The third-order valence-corrected chi connectivity index (χ3v) is 4.73. The van der Waals surface area contributed by atoms with Crippen LogP contribution in [0.5, 0.6) is 0 Å². The lowest BCUT2D eigenvalue weighted by Gasteiger charge is -2.42. The minimum absolute atomic E-state index is 0.0941. The molecule has 100 valence electrons. The molecule has 2 atom stereocenters. The first-order valence-corrected chi connectivity index (χ1v) is 7.62. The molecule has 1 aliphatic heterocycles. The Hall–Kier alpha value is -0.0800. The topological polar surface area (TPSA) is 21.3 Å². The Morgan fingerprint density at radius 1 is 1.24 bits per heavy atom. The molecule has 2 nitrogen and oxygen atoms in total. The smallest absolute Gasteiger partial charge is 0.0806 e. The van der Waals surface area contributed by atoms with Crippen molar-refractivity contribution in [3.05, 3.63) is 0 Å². The first kappa shape index (κ1) is 13.4. The Balaban J connectivity index is 1.93. The van der Waals surface area contributed by atoms with E-state index >= 15 is 0 Å². The third kappa shape index (κ3) is 3.45. The van der Waals surface area contributed by atoms with Gasteiger partial charge in [0.05, 0.1) is 5.60 Å². The molecule has 0 aromatic carbocycles. The minimum atomic E-state index is 0.0941. The van der Waals surface area contributed by atoms with Gasteiger partial charge in [-0.3, -0.25) is 0 Å². The van der Waals surface area contributed by atoms with E-state index in [2.05, 4.69) is 19.2 Å². The van der Waals surface area contributed by atoms with Crippen LogP contribution < -0.4 is 5.32 Å². The fourth-order valence-corrected chi connectivity index (χ4v) is 3.60. The van der Waals surface area contributed by atoms with Gasteiger partial charge in [0.15, 0.2) is 0 Å². The zero-order valence-corrected chi connectivity index (χ0v) is 11.6. The molecule has 1 aliphatic carbocycles. The summed E-state index contributed by atoms with van der Waals surface area (Å²) in [6, 6.07) is 0.566. The normalized spacial score (nSPS) is 32.8. The lowest BCUT2D eigenvalue weighted by atomic mass is 9.82. The third-order valence-electron chi connectivity index (χ3n) is 4.73. The van der Waals surface area contributed by atoms with Crippen LogP contribution in [0.25, 0.3) is 0 Å². The number of hydrogen-bond acceptors (Lipinski definition) is 2. The molecule has 1 N–H and O–H groups in total. The van der Waals surface area contributed by atoms with E-state index < -0.39 is 0 Å². The van der Waals surface area contributed by atoms with Gasteiger partial charge in [0.1, 0.15) is 0 Å². The summed E-state index contributed by atoms with van der Waals surface area (Å²) in [7, 11) is 0. The SMILES string of the molecule is CCNC(CC1CCCC1)C1(C)CCCCO1. The quantitative estimate of drug-likeness (QED) is 0.793. The van der Waals surface area contributed by atoms with Gasteiger partial charge in [0.25, 0.3) is 0 Å². The van der Waals surface area contributed by atoms with Crippen molar-refractivity contribution < 1.29 is 4.74 Å². The summed E-state index contributed by atoms with van der Waals surface area (Å²) in [6.07, 6.45) is 10.9. The summed E-state index contributed by atoms with van der Waals surface area (Å²) < 4.78 is 6.13. The van der Waals surface area contributed by atoms with Gasteiger partial charge in [-0.2, -0.15) is 0 Å². The number of ether oxygens (including phenoxy) is 1. The van der Waals surface area contributed by atoms with Gasteiger partial charge in [-0.15, -0.1) is 0 Å². The highest BCUT2D eigenvalue weighted by molar-refractivity contribution is 4.93. The standard InChI is InChI=1S/C15H29NO/c1-3-16-14(12-13-8-4-5-9-13)15(2)10-6-7-11-17-15/h13-14,16H,3-12H2,1-2H3. The van der Waals surface area contributed by atoms with Crippen molar-refractivity contribution in [1.29, 1.82) is 0 Å². The molecule has 1 saturated carbocycles. The monoisotopic (exact) mass is 239 g/mol. The van der Waals surface area contributed by atoms with Crippen LogP contribution in [0.2, 0.25) is 0 Å². The zero-order chi connectivity index (χ0) is 12.1. The first-order valence-electron chi connectivity index (χ1n) is 7.62. The molecule has 2 fully saturated rings. The van der Waals surface area contributed by atoms with Crippen LogP contribution in [-0.4, -0.2) is 24.8 Å². The molecule has 0 amide bonds. The van der Waals surface area contributed by atoms with Crippen molar-refractivity contribution in [2.75, 3.05) is 13.2 Å². The first-order chi connectivity index (χ1) is 8.24. The van der Waals surface area contributed by atoms with Crippen molar-refractivity contribution in [2.45, 2.75) is 76.9 Å². The number of likely N-dealkylation sites (N-methyl/N-ethyl adjacent to an activating group) is 1. The van der Waals surface area contributed by atoms with Crippen LogP contribution >= 0.6 is 0 Å². The Bertz CT molecular complexity index is 217. The van der Waals surface area contributed by atoms with Crippen LogP contribution in [0.15, 0.2) is 0 Å². The van der Waals surface area contributed by atoms with E-state index in [1.807, 2.05) is 0 Å². The number of nitrogens with one attached hydrogen (secondary N) is 1. The van der Waals surface area contributed by atoms with Gasteiger partial charge in [0, 0.05) is 12.6 Å². The number of hydrogen-bond donors (Lipinski definition) is 1. The van der Waals surface area contributed by atoms with Gasteiger partial charge in [-0.05, 0) is 45.1 Å². The number of rotatable bonds is 5. The van der Waals surface area contributed by atoms with E-state index in [1.54, 1.807) is 0 Å². The maximum Gasteiger partial charge on any atom is 0.0806 e. The Morgan fingerprint density at radius 2 is 2.00 bits per heavy atom. The molecule has 0 bridgehead atoms. The van der Waals surface area contributed by atoms with E-state index in [9.17, 15) is 0 Å². The molecule has 2 heteroatoms. The highest BCUT2D eigenvalue weighted by atomic mass is 16.5. The fraction of sp³-hybridized carbons (Fsp3) is 1.00. The summed E-state index contributed by atoms with van der Waals surface area (Å²) in [5.41, 5.74) is 0.0941. The molecule has 0 spiro atoms. The maximum atomic E-state index is 6.13. The molecule has 0 aromatic rings. The van der Waals surface area contributed by atoms with Gasteiger partial charge in [-0.1, -0.05) is 32.6 Å². The van der Waals surface area contributed by atoms with Crippen molar-refractivity contribution >= 4 is 0 Å². The highest BCUT2D eigenvalue weighted by Crippen LogP contribution is 2.35. The summed E-state index contributed by atoms with van der Waals surface area (Å²) in [6.45, 7) is 6.57. The van der Waals surface area contributed by atoms with Crippen LogP contribution in [-0.2, 0) is 4.74 Å². The molecule has 1 heterocycles. The molecule has 2 rings (SSSR count). The summed E-state index contributed by atoms with van der Waals surface area (Å²) in [5, 5.41) is 3.69. The van der Waals surface area contributed by atoms with Crippen molar-refractivity contribution in [3.8, 4) is 0 Å². The van der Waals surface area contributed by atoms with Gasteiger partial charge in [-0.25, -0.2) is 0 Å². The molecular formula is C15H29NO. The average Bonchev–Trinajstić information content (AvgIpc) is 2.82. The van der Waals surface area contributed by atoms with Crippen LogP contribution in [0.4, 0.5) is 0 Å². The summed E-state index contributed by atoms with van der Waals surface area (Å²) in [5.74, 6) is 0.946. The lowest BCUT2D eigenvalue weighted by Crippen LogP contribution is -2.52. The second kappa shape index (κ2) is 6.19. The predicted molar refractivity (Wildman–Crippen MR) is 72.2 cm³/mol. The lowest BCUT2D eigenvalue weighted by molar-refractivity contribution is -0.0923. The van der Waals surface area contributed by atoms with Crippen molar-refractivity contribution in [1.82, 2.24) is 5.32 Å². The Kier molecular flexibility index (Phi) is 4.87. The summed E-state index contributed by atoms with van der Waals surface area (Å²) in [4.78, 5) is 0. The molecule has 2 unspecified atom stereocenters. The predicted octanol–water partition coefficient (Wildman–Crippen LogP) is 3.50.